The van der Waals surface area contributed by atoms with Crippen LogP contribution in [0, 0.1) is 0 Å². The molecule has 5 nitrogen and oxygen atoms in total. The Kier molecular flexibility index (Phi) is 9.69. The summed E-state index contributed by atoms with van der Waals surface area (Å²) in [5.41, 5.74) is 5.69. The number of hydrogen-bond acceptors (Lipinski definition) is 5. The van der Waals surface area contributed by atoms with E-state index in [1.165, 1.54) is 11.8 Å². The molecule has 2 unspecified atom stereocenters. The number of nitrogens with two attached hydrogens (primary N) is 1. The number of amides is 1. The molecule has 0 aliphatic carbocycles. The van der Waals surface area contributed by atoms with Crippen LogP contribution in [0.3, 0.4) is 0 Å². The van der Waals surface area contributed by atoms with Gasteiger partial charge in [-0.05, 0) is 39.9 Å². The second kappa shape index (κ2) is 10.1. The molecule has 0 radical (unpaired) electrons. The molecule has 0 bridgehead atoms. The van der Waals surface area contributed by atoms with Gasteiger partial charge in [-0.25, -0.2) is 0 Å². The highest BCUT2D eigenvalue weighted by Gasteiger charge is 2.20. The lowest BCUT2D eigenvalue weighted by Gasteiger charge is -2.22. The maximum absolute atomic E-state index is 12.0. The van der Waals surface area contributed by atoms with Crippen molar-refractivity contribution in [2.24, 2.45) is 5.73 Å². The number of carbonyl (C=O) groups excluding carboxylic acids is 2. The van der Waals surface area contributed by atoms with Gasteiger partial charge in [0.2, 0.25) is 5.91 Å². The summed E-state index contributed by atoms with van der Waals surface area (Å²) < 4.78 is 4.83. The summed E-state index contributed by atoms with van der Waals surface area (Å²) in [6, 6.07) is -0.594. The van der Waals surface area contributed by atoms with Crippen LogP contribution in [0.25, 0.3) is 0 Å². The van der Waals surface area contributed by atoms with E-state index in [0.29, 0.717) is 18.8 Å². The van der Waals surface area contributed by atoms with Gasteiger partial charge in [0.25, 0.3) is 0 Å². The summed E-state index contributed by atoms with van der Waals surface area (Å²) in [5.74, 6) is 0.444. The lowest BCUT2D eigenvalue weighted by atomic mass is 10.2. The Hall–Kier alpha value is -0.750. The first kappa shape index (κ1) is 18.2. The van der Waals surface area contributed by atoms with Crippen molar-refractivity contribution in [2.45, 2.75) is 45.4 Å². The molecule has 0 saturated heterocycles. The first-order chi connectivity index (χ1) is 8.97. The molecule has 2 N–H and O–H groups in total. The van der Waals surface area contributed by atoms with Crippen LogP contribution in [0.2, 0.25) is 0 Å². The van der Waals surface area contributed by atoms with Crippen molar-refractivity contribution in [1.82, 2.24) is 4.90 Å². The normalized spacial score (nSPS) is 13.7. The van der Waals surface area contributed by atoms with E-state index in [0.717, 1.165) is 13.1 Å². The molecular weight excluding hydrogens is 264 g/mol. The highest BCUT2D eigenvalue weighted by molar-refractivity contribution is 8.00. The quantitative estimate of drug-likeness (QED) is 0.647. The van der Waals surface area contributed by atoms with E-state index in [1.807, 2.05) is 25.7 Å². The van der Waals surface area contributed by atoms with Crippen molar-refractivity contribution in [3.8, 4) is 0 Å². The summed E-state index contributed by atoms with van der Waals surface area (Å²) >= 11 is 1.53. The predicted molar refractivity (Wildman–Crippen MR) is 79.1 cm³/mol. The molecule has 0 aromatic heterocycles. The first-order valence-corrected chi connectivity index (χ1v) is 7.85. The third-order valence-electron chi connectivity index (χ3n) is 2.81. The molecule has 0 saturated carbocycles. The number of hydrogen-bond donors (Lipinski definition) is 1. The molecule has 0 rings (SSSR count). The van der Waals surface area contributed by atoms with Crippen molar-refractivity contribution in [3.05, 3.63) is 0 Å². The minimum absolute atomic E-state index is 0.103. The fourth-order valence-electron chi connectivity index (χ4n) is 1.60. The number of thioether (sulfide) groups is 1. The zero-order valence-corrected chi connectivity index (χ0v) is 13.2. The molecule has 0 heterocycles. The highest BCUT2D eigenvalue weighted by Crippen LogP contribution is 2.15. The number of nitrogens with zero attached hydrogens (tertiary/aromatic N) is 1. The van der Waals surface area contributed by atoms with Crippen molar-refractivity contribution in [2.75, 3.05) is 25.4 Å². The average molecular weight is 290 g/mol. The van der Waals surface area contributed by atoms with Crippen LogP contribution in [-0.2, 0) is 14.3 Å². The fraction of sp³-hybridized carbons (Fsp3) is 0.846. The molecule has 0 aliphatic rings. The highest BCUT2D eigenvalue weighted by atomic mass is 32.2. The van der Waals surface area contributed by atoms with Crippen molar-refractivity contribution >= 4 is 23.6 Å². The Labute approximate surface area is 120 Å². The number of ether oxygens (including phenoxy) is 1. The molecule has 0 aliphatic heterocycles. The lowest BCUT2D eigenvalue weighted by Crippen LogP contribution is -2.37. The largest absolute Gasteiger partial charge is 0.465 e. The molecule has 0 aromatic rings. The monoisotopic (exact) mass is 290 g/mol. The zero-order chi connectivity index (χ0) is 14.8. The van der Waals surface area contributed by atoms with E-state index < -0.39 is 6.04 Å². The zero-order valence-electron chi connectivity index (χ0n) is 12.3. The SMILES string of the molecule is CCOC(=O)C(N)CCSC(C)C(=O)N(CC)CC. The van der Waals surface area contributed by atoms with Crippen LogP contribution in [0.4, 0.5) is 0 Å². The Morgan fingerprint density at radius 2 is 1.84 bits per heavy atom. The van der Waals surface area contributed by atoms with Crippen LogP contribution in [-0.4, -0.2) is 53.5 Å². The summed E-state index contributed by atoms with van der Waals surface area (Å²) in [6.07, 6.45) is 0.527. The summed E-state index contributed by atoms with van der Waals surface area (Å²) in [7, 11) is 0. The molecule has 0 spiro atoms. The maximum Gasteiger partial charge on any atom is 0.322 e. The minimum Gasteiger partial charge on any atom is -0.465 e. The van der Waals surface area contributed by atoms with E-state index in [1.54, 1.807) is 6.92 Å². The van der Waals surface area contributed by atoms with Gasteiger partial charge in [0.15, 0.2) is 0 Å². The first-order valence-electron chi connectivity index (χ1n) is 6.80. The minimum atomic E-state index is -0.594. The topological polar surface area (TPSA) is 72.6 Å². The summed E-state index contributed by atoms with van der Waals surface area (Å²) in [6.45, 7) is 9.37. The van der Waals surface area contributed by atoms with Gasteiger partial charge in [-0.15, -0.1) is 11.8 Å². The van der Waals surface area contributed by atoms with Gasteiger partial charge in [0.05, 0.1) is 11.9 Å². The van der Waals surface area contributed by atoms with Gasteiger partial charge in [0.1, 0.15) is 6.04 Å². The van der Waals surface area contributed by atoms with E-state index in [4.69, 9.17) is 10.5 Å². The van der Waals surface area contributed by atoms with Gasteiger partial charge in [-0.2, -0.15) is 0 Å². The standard InChI is InChI=1S/C13H26N2O3S/c1-5-15(6-2)12(16)10(4)19-9-8-11(14)13(17)18-7-3/h10-11H,5-9,14H2,1-4H3. The molecule has 0 fully saturated rings. The molecule has 2 atom stereocenters. The van der Waals surface area contributed by atoms with Crippen LogP contribution in [0.1, 0.15) is 34.1 Å². The Morgan fingerprint density at radius 3 is 2.32 bits per heavy atom. The van der Waals surface area contributed by atoms with Crippen molar-refractivity contribution in [3.63, 3.8) is 0 Å². The molecule has 0 aromatic carbocycles. The second-order valence-corrected chi connectivity index (χ2v) is 5.62. The van der Waals surface area contributed by atoms with Crippen LogP contribution >= 0.6 is 11.8 Å². The Morgan fingerprint density at radius 1 is 1.26 bits per heavy atom. The summed E-state index contributed by atoms with van der Waals surface area (Å²) in [5, 5.41) is -0.103. The average Bonchev–Trinajstić information content (AvgIpc) is 2.39. The number of carbonyl (C=O) groups is 2. The second-order valence-electron chi connectivity index (χ2n) is 4.17. The van der Waals surface area contributed by atoms with Gasteiger partial charge in [-0.1, -0.05) is 0 Å². The van der Waals surface area contributed by atoms with Crippen LogP contribution in [0.15, 0.2) is 0 Å². The summed E-state index contributed by atoms with van der Waals surface area (Å²) in [4.78, 5) is 25.1. The third-order valence-corrected chi connectivity index (χ3v) is 3.98. The maximum atomic E-state index is 12.0. The van der Waals surface area contributed by atoms with Crippen molar-refractivity contribution in [1.29, 1.82) is 0 Å². The Bertz CT molecular complexity index is 283. The molecule has 112 valence electrons. The van der Waals surface area contributed by atoms with E-state index >= 15 is 0 Å². The number of esters is 1. The molecular formula is C13H26N2O3S. The predicted octanol–water partition coefficient (Wildman–Crippen LogP) is 1.26. The van der Waals surface area contributed by atoms with Gasteiger partial charge < -0.3 is 15.4 Å². The van der Waals surface area contributed by atoms with Crippen LogP contribution < -0.4 is 5.73 Å². The van der Waals surface area contributed by atoms with Gasteiger partial charge in [-0.3, -0.25) is 9.59 Å². The molecule has 1 amide bonds. The third kappa shape index (κ3) is 6.82. The van der Waals surface area contributed by atoms with E-state index in [9.17, 15) is 9.59 Å². The van der Waals surface area contributed by atoms with Gasteiger partial charge in [0, 0.05) is 13.1 Å². The van der Waals surface area contributed by atoms with Crippen molar-refractivity contribution < 1.29 is 14.3 Å². The van der Waals surface area contributed by atoms with Gasteiger partial charge >= 0.3 is 5.97 Å². The molecule has 6 heteroatoms. The Balaban J connectivity index is 4.00. The fourth-order valence-corrected chi connectivity index (χ4v) is 2.64. The number of rotatable bonds is 9. The van der Waals surface area contributed by atoms with Crippen LogP contribution in [0.5, 0.6) is 0 Å². The lowest BCUT2D eigenvalue weighted by molar-refractivity contribution is -0.144. The smallest absolute Gasteiger partial charge is 0.322 e. The molecule has 19 heavy (non-hydrogen) atoms. The van der Waals surface area contributed by atoms with E-state index in [2.05, 4.69) is 0 Å². The van der Waals surface area contributed by atoms with E-state index in [-0.39, 0.29) is 17.1 Å².